The van der Waals surface area contributed by atoms with Crippen molar-refractivity contribution in [1.82, 2.24) is 4.98 Å². The highest BCUT2D eigenvalue weighted by Crippen LogP contribution is 2.18. The van der Waals surface area contributed by atoms with Crippen molar-refractivity contribution in [3.63, 3.8) is 0 Å². The Balaban J connectivity index is 2.13. The van der Waals surface area contributed by atoms with E-state index in [0.717, 1.165) is 17.9 Å². The Morgan fingerprint density at radius 3 is 2.92 bits per heavy atom. The van der Waals surface area contributed by atoms with Gasteiger partial charge in [-0.1, -0.05) is 25.4 Å². The zero-order valence-corrected chi connectivity index (χ0v) is 9.49. The third kappa shape index (κ3) is 4.60. The van der Waals surface area contributed by atoms with E-state index in [4.69, 9.17) is 16.3 Å². The van der Waals surface area contributed by atoms with Crippen LogP contribution in [0.3, 0.4) is 0 Å². The van der Waals surface area contributed by atoms with Gasteiger partial charge in [0.2, 0.25) is 0 Å². The van der Waals surface area contributed by atoms with Gasteiger partial charge in [-0.15, -0.1) is 11.3 Å². The van der Waals surface area contributed by atoms with Crippen LogP contribution in [0.1, 0.15) is 25.1 Å². The molecule has 0 atom stereocenters. The highest BCUT2D eigenvalue weighted by Gasteiger charge is 1.99. The van der Waals surface area contributed by atoms with Crippen LogP contribution in [-0.4, -0.2) is 11.6 Å². The van der Waals surface area contributed by atoms with E-state index in [2.05, 4.69) is 18.8 Å². The normalized spacial score (nSPS) is 11.1. The number of ether oxygens (including phenoxy) is 1. The fourth-order valence-corrected chi connectivity index (χ4v) is 1.76. The summed E-state index contributed by atoms with van der Waals surface area (Å²) >= 11 is 7.15. The van der Waals surface area contributed by atoms with Gasteiger partial charge in [0.15, 0.2) is 4.47 Å². The summed E-state index contributed by atoms with van der Waals surface area (Å²) in [5.41, 5.74) is 0. The molecule has 0 saturated heterocycles. The molecule has 1 heterocycles. The van der Waals surface area contributed by atoms with Crippen molar-refractivity contribution in [2.75, 3.05) is 6.61 Å². The number of aromatic nitrogens is 1. The van der Waals surface area contributed by atoms with Gasteiger partial charge in [0.05, 0.1) is 11.5 Å². The van der Waals surface area contributed by atoms with Crippen molar-refractivity contribution in [2.24, 2.45) is 5.92 Å². The van der Waals surface area contributed by atoms with E-state index < -0.39 is 0 Å². The number of hydrogen-bond acceptors (Lipinski definition) is 3. The van der Waals surface area contributed by atoms with Crippen molar-refractivity contribution in [1.29, 1.82) is 0 Å². The third-order valence-electron chi connectivity index (χ3n) is 1.61. The first-order valence-electron chi connectivity index (χ1n) is 4.36. The fraction of sp³-hybridized carbons (Fsp3) is 0.667. The molecular formula is C9H14ClNOS. The zero-order chi connectivity index (χ0) is 9.68. The van der Waals surface area contributed by atoms with Crippen LogP contribution in [0, 0.1) is 5.92 Å². The maximum atomic E-state index is 5.68. The maximum absolute atomic E-state index is 5.68. The molecule has 74 valence electrons. The number of halogens is 1. The highest BCUT2D eigenvalue weighted by atomic mass is 35.5. The van der Waals surface area contributed by atoms with Crippen LogP contribution in [-0.2, 0) is 11.3 Å². The molecule has 13 heavy (non-hydrogen) atoms. The standard InChI is InChI=1S/C9H14ClNOS/c1-7(2)3-4-12-6-8-5-11-9(10)13-8/h5,7H,3-4,6H2,1-2H3. The molecule has 0 aliphatic carbocycles. The number of nitrogens with zero attached hydrogens (tertiary/aromatic N) is 1. The van der Waals surface area contributed by atoms with Gasteiger partial charge in [0.1, 0.15) is 0 Å². The van der Waals surface area contributed by atoms with Gasteiger partial charge in [-0.05, 0) is 12.3 Å². The SMILES string of the molecule is CC(C)CCOCc1cnc(Cl)s1. The summed E-state index contributed by atoms with van der Waals surface area (Å²) in [6, 6.07) is 0. The zero-order valence-electron chi connectivity index (χ0n) is 7.92. The first-order valence-corrected chi connectivity index (χ1v) is 5.56. The lowest BCUT2D eigenvalue weighted by Gasteiger charge is -2.04. The predicted molar refractivity (Wildman–Crippen MR) is 56.2 cm³/mol. The van der Waals surface area contributed by atoms with Crippen molar-refractivity contribution < 1.29 is 4.74 Å². The average Bonchev–Trinajstić information content (AvgIpc) is 2.45. The van der Waals surface area contributed by atoms with Gasteiger partial charge in [-0.3, -0.25) is 0 Å². The van der Waals surface area contributed by atoms with E-state index in [9.17, 15) is 0 Å². The van der Waals surface area contributed by atoms with E-state index in [1.807, 2.05) is 0 Å². The first-order chi connectivity index (χ1) is 6.18. The Bertz CT molecular complexity index is 250. The van der Waals surface area contributed by atoms with Crippen molar-refractivity contribution in [3.8, 4) is 0 Å². The van der Waals surface area contributed by atoms with Crippen LogP contribution in [0.5, 0.6) is 0 Å². The largest absolute Gasteiger partial charge is 0.376 e. The summed E-state index contributed by atoms with van der Waals surface area (Å²) in [5.74, 6) is 0.699. The summed E-state index contributed by atoms with van der Waals surface area (Å²) in [4.78, 5) is 5.03. The lowest BCUT2D eigenvalue weighted by atomic mass is 10.1. The fourth-order valence-electron chi connectivity index (χ4n) is 0.842. The molecule has 0 amide bonds. The van der Waals surface area contributed by atoms with Gasteiger partial charge in [-0.25, -0.2) is 4.98 Å². The van der Waals surface area contributed by atoms with Gasteiger partial charge in [0, 0.05) is 12.8 Å². The summed E-state index contributed by atoms with van der Waals surface area (Å²) in [7, 11) is 0. The Morgan fingerprint density at radius 2 is 2.38 bits per heavy atom. The molecule has 0 radical (unpaired) electrons. The van der Waals surface area contributed by atoms with Crippen molar-refractivity contribution in [2.45, 2.75) is 26.9 Å². The van der Waals surface area contributed by atoms with E-state index in [0.29, 0.717) is 17.0 Å². The van der Waals surface area contributed by atoms with Crippen LogP contribution < -0.4 is 0 Å². The molecule has 0 unspecified atom stereocenters. The van der Waals surface area contributed by atoms with Crippen molar-refractivity contribution >= 4 is 22.9 Å². The number of thiazole rings is 1. The Kier molecular flexibility index (Phi) is 4.70. The smallest absolute Gasteiger partial charge is 0.183 e. The molecule has 0 bridgehead atoms. The summed E-state index contributed by atoms with van der Waals surface area (Å²) in [6.45, 7) is 5.82. The minimum atomic E-state index is 0.586. The molecule has 1 rings (SSSR count). The van der Waals surface area contributed by atoms with Gasteiger partial charge >= 0.3 is 0 Å². The Labute approximate surface area is 87.9 Å². The van der Waals surface area contributed by atoms with Crippen LogP contribution >= 0.6 is 22.9 Å². The van der Waals surface area contributed by atoms with E-state index in [1.165, 1.54) is 11.3 Å². The second kappa shape index (κ2) is 5.58. The lowest BCUT2D eigenvalue weighted by Crippen LogP contribution is -1.98. The molecule has 0 spiro atoms. The molecule has 0 aliphatic rings. The first kappa shape index (κ1) is 11.0. The molecule has 1 aromatic heterocycles. The second-order valence-corrected chi connectivity index (χ2v) is 5.01. The molecule has 0 aromatic carbocycles. The second-order valence-electron chi connectivity index (χ2n) is 3.31. The van der Waals surface area contributed by atoms with Crippen LogP contribution in [0.15, 0.2) is 6.20 Å². The van der Waals surface area contributed by atoms with Gasteiger partial charge in [0.25, 0.3) is 0 Å². The van der Waals surface area contributed by atoms with E-state index in [-0.39, 0.29) is 0 Å². The topological polar surface area (TPSA) is 22.1 Å². The molecule has 0 fully saturated rings. The molecule has 2 nitrogen and oxygen atoms in total. The quantitative estimate of drug-likeness (QED) is 0.709. The van der Waals surface area contributed by atoms with E-state index in [1.54, 1.807) is 6.20 Å². The lowest BCUT2D eigenvalue weighted by molar-refractivity contribution is 0.112. The maximum Gasteiger partial charge on any atom is 0.183 e. The van der Waals surface area contributed by atoms with Gasteiger partial charge in [-0.2, -0.15) is 0 Å². The summed E-state index contributed by atoms with van der Waals surface area (Å²) in [5, 5.41) is 0. The number of rotatable bonds is 5. The summed E-state index contributed by atoms with van der Waals surface area (Å²) in [6.07, 6.45) is 2.87. The van der Waals surface area contributed by atoms with Crippen LogP contribution in [0.2, 0.25) is 4.47 Å². The van der Waals surface area contributed by atoms with E-state index >= 15 is 0 Å². The van der Waals surface area contributed by atoms with Gasteiger partial charge < -0.3 is 4.74 Å². The third-order valence-corrected chi connectivity index (χ3v) is 2.70. The highest BCUT2D eigenvalue weighted by molar-refractivity contribution is 7.15. The number of hydrogen-bond donors (Lipinski definition) is 0. The minimum Gasteiger partial charge on any atom is -0.376 e. The Hall–Kier alpha value is -0.120. The molecular weight excluding hydrogens is 206 g/mol. The van der Waals surface area contributed by atoms with Crippen molar-refractivity contribution in [3.05, 3.63) is 15.5 Å². The molecule has 0 saturated carbocycles. The monoisotopic (exact) mass is 219 g/mol. The predicted octanol–water partition coefficient (Wildman–Crippen LogP) is 3.36. The Morgan fingerprint density at radius 1 is 1.62 bits per heavy atom. The average molecular weight is 220 g/mol. The van der Waals surface area contributed by atoms with Crippen LogP contribution in [0.25, 0.3) is 0 Å². The molecule has 0 N–H and O–H groups in total. The molecule has 4 heteroatoms. The molecule has 1 aromatic rings. The van der Waals surface area contributed by atoms with Crippen LogP contribution in [0.4, 0.5) is 0 Å². The summed E-state index contributed by atoms with van der Waals surface area (Å²) < 4.78 is 6.04. The minimum absolute atomic E-state index is 0.586. The molecule has 0 aliphatic heterocycles.